The van der Waals surface area contributed by atoms with E-state index in [1.54, 1.807) is 4.57 Å². The van der Waals surface area contributed by atoms with Gasteiger partial charge in [-0.1, -0.05) is 59.4 Å². The predicted octanol–water partition coefficient (Wildman–Crippen LogP) is 2.10. The Labute approximate surface area is 143 Å². The molecule has 1 aliphatic rings. The number of rotatable bonds is 2. The Morgan fingerprint density at radius 3 is 2.58 bits per heavy atom. The quantitative estimate of drug-likeness (QED) is 0.719. The highest BCUT2D eigenvalue weighted by Crippen LogP contribution is 2.14. The molecular weight excluding hydrogens is 318 g/mol. The number of aryl methyl sites for hydroxylation is 1. The average Bonchev–Trinajstić information content (AvgIpc) is 2.93. The van der Waals surface area contributed by atoms with Crippen LogP contribution in [0.15, 0.2) is 64.4 Å². The van der Waals surface area contributed by atoms with Crippen LogP contribution in [0.25, 0.3) is 6.08 Å². The van der Waals surface area contributed by atoms with Crippen molar-refractivity contribution in [3.63, 3.8) is 0 Å². The van der Waals surface area contributed by atoms with E-state index in [0.717, 1.165) is 20.6 Å². The lowest BCUT2D eigenvalue weighted by molar-refractivity contribution is 0.569. The van der Waals surface area contributed by atoms with Crippen molar-refractivity contribution in [2.45, 2.75) is 13.6 Å². The van der Waals surface area contributed by atoms with Crippen molar-refractivity contribution in [3.8, 4) is 0 Å². The molecule has 0 spiro atoms. The fraction of sp³-hybridized carbons (Fsp3) is 0.158. The first-order valence-electron chi connectivity index (χ1n) is 7.83. The van der Waals surface area contributed by atoms with Gasteiger partial charge in [-0.2, -0.15) is 0 Å². The minimum absolute atomic E-state index is 0.0277. The van der Waals surface area contributed by atoms with Gasteiger partial charge >= 0.3 is 0 Å². The molecule has 0 unspecified atom stereocenters. The van der Waals surface area contributed by atoms with Crippen molar-refractivity contribution in [2.24, 2.45) is 4.99 Å². The highest BCUT2D eigenvalue weighted by Gasteiger charge is 2.15. The van der Waals surface area contributed by atoms with Crippen molar-refractivity contribution in [3.05, 3.63) is 85.4 Å². The summed E-state index contributed by atoms with van der Waals surface area (Å²) < 4.78 is 2.48. The van der Waals surface area contributed by atoms with E-state index >= 15 is 0 Å². The van der Waals surface area contributed by atoms with Crippen LogP contribution in [0.5, 0.6) is 0 Å². The van der Waals surface area contributed by atoms with Crippen molar-refractivity contribution in [1.82, 2.24) is 4.57 Å². The molecule has 0 aliphatic carbocycles. The van der Waals surface area contributed by atoms with E-state index in [-0.39, 0.29) is 5.56 Å². The first-order valence-corrected chi connectivity index (χ1v) is 8.65. The molecular formula is C19H17N3OS. The molecule has 2 heterocycles. The molecule has 1 aromatic heterocycles. The topological polar surface area (TPSA) is 37.6 Å². The molecule has 2 aromatic carbocycles. The number of aromatic nitrogens is 1. The van der Waals surface area contributed by atoms with Crippen LogP contribution in [0.3, 0.4) is 0 Å². The number of para-hydroxylation sites is 1. The van der Waals surface area contributed by atoms with Gasteiger partial charge < -0.3 is 4.90 Å². The third-order valence-corrected chi connectivity index (χ3v) is 5.12. The highest BCUT2D eigenvalue weighted by atomic mass is 32.1. The predicted molar refractivity (Wildman–Crippen MR) is 97.9 cm³/mol. The van der Waals surface area contributed by atoms with Crippen LogP contribution in [0.2, 0.25) is 0 Å². The van der Waals surface area contributed by atoms with Gasteiger partial charge in [0.25, 0.3) is 5.56 Å². The van der Waals surface area contributed by atoms with E-state index < -0.39 is 0 Å². The monoisotopic (exact) mass is 335 g/mol. The molecule has 1 aliphatic heterocycles. The molecule has 24 heavy (non-hydrogen) atoms. The summed E-state index contributed by atoms with van der Waals surface area (Å²) in [7, 11) is 0. The minimum atomic E-state index is 0.0277. The maximum Gasteiger partial charge on any atom is 0.271 e. The van der Waals surface area contributed by atoms with E-state index in [9.17, 15) is 4.79 Å². The van der Waals surface area contributed by atoms with Gasteiger partial charge in [0.2, 0.25) is 0 Å². The van der Waals surface area contributed by atoms with Gasteiger partial charge in [-0.3, -0.25) is 9.36 Å². The number of benzene rings is 2. The summed E-state index contributed by atoms with van der Waals surface area (Å²) in [5, 5.41) is 0. The van der Waals surface area contributed by atoms with E-state index in [0.29, 0.717) is 13.3 Å². The molecule has 120 valence electrons. The molecule has 0 radical (unpaired) electrons. The maximum absolute atomic E-state index is 12.7. The zero-order valence-electron chi connectivity index (χ0n) is 13.3. The summed E-state index contributed by atoms with van der Waals surface area (Å²) in [6.45, 7) is 3.17. The summed E-state index contributed by atoms with van der Waals surface area (Å²) in [5.74, 6) is 0. The van der Waals surface area contributed by atoms with Crippen LogP contribution < -0.4 is 19.8 Å². The lowest BCUT2D eigenvalue weighted by Gasteiger charge is -2.25. The molecule has 4 nitrogen and oxygen atoms in total. The molecule has 0 N–H and O–H groups in total. The lowest BCUT2D eigenvalue weighted by Crippen LogP contribution is -2.42. The van der Waals surface area contributed by atoms with Gasteiger partial charge in [0.15, 0.2) is 4.80 Å². The van der Waals surface area contributed by atoms with Crippen LogP contribution in [-0.2, 0) is 6.67 Å². The first-order chi connectivity index (χ1) is 11.7. The van der Waals surface area contributed by atoms with Crippen LogP contribution in [0.1, 0.15) is 11.1 Å². The molecule has 0 saturated carbocycles. The number of nitrogens with zero attached hydrogens (tertiary/aromatic N) is 3. The third kappa shape index (κ3) is 2.78. The Balaban J connectivity index is 1.72. The van der Waals surface area contributed by atoms with Gasteiger partial charge in [-0.05, 0) is 30.7 Å². The van der Waals surface area contributed by atoms with Gasteiger partial charge in [-0.15, -0.1) is 0 Å². The number of hydrogen-bond donors (Lipinski definition) is 0. The van der Waals surface area contributed by atoms with Gasteiger partial charge in [-0.25, -0.2) is 4.99 Å². The third-order valence-electron chi connectivity index (χ3n) is 4.07. The number of anilines is 1. The first kappa shape index (κ1) is 14.9. The summed E-state index contributed by atoms with van der Waals surface area (Å²) in [6.07, 6.45) is 1.94. The zero-order chi connectivity index (χ0) is 16.5. The van der Waals surface area contributed by atoms with Crippen LogP contribution in [0.4, 0.5) is 5.69 Å². The second kappa shape index (κ2) is 6.09. The maximum atomic E-state index is 12.7. The van der Waals surface area contributed by atoms with Crippen LogP contribution in [-0.4, -0.2) is 11.2 Å². The number of hydrogen-bond acceptors (Lipinski definition) is 4. The Morgan fingerprint density at radius 2 is 1.83 bits per heavy atom. The Morgan fingerprint density at radius 1 is 1.08 bits per heavy atom. The Kier molecular flexibility index (Phi) is 3.78. The second-order valence-corrected chi connectivity index (χ2v) is 6.86. The smallest absolute Gasteiger partial charge is 0.271 e. The van der Waals surface area contributed by atoms with Crippen LogP contribution in [0, 0.1) is 6.92 Å². The van der Waals surface area contributed by atoms with E-state index in [1.807, 2.05) is 48.5 Å². The largest absolute Gasteiger partial charge is 0.334 e. The molecule has 0 atom stereocenters. The van der Waals surface area contributed by atoms with Crippen LogP contribution >= 0.6 is 11.3 Å². The average molecular weight is 335 g/mol. The summed E-state index contributed by atoms with van der Waals surface area (Å²) in [6, 6.07) is 18.2. The molecule has 3 aromatic rings. The number of thiazole rings is 1. The lowest BCUT2D eigenvalue weighted by atomic mass is 10.1. The van der Waals surface area contributed by atoms with Gasteiger partial charge in [0, 0.05) is 5.69 Å². The zero-order valence-corrected chi connectivity index (χ0v) is 14.2. The number of fused-ring (bicyclic) bond motifs is 1. The Bertz CT molecular complexity index is 1030. The summed E-state index contributed by atoms with van der Waals surface area (Å²) >= 11 is 1.46. The highest BCUT2D eigenvalue weighted by molar-refractivity contribution is 7.07. The molecule has 0 fully saturated rings. The van der Waals surface area contributed by atoms with E-state index in [2.05, 4.69) is 28.9 Å². The van der Waals surface area contributed by atoms with Crippen molar-refractivity contribution >= 4 is 23.1 Å². The molecule has 0 saturated heterocycles. The fourth-order valence-corrected chi connectivity index (χ4v) is 3.69. The molecule has 0 amide bonds. The van der Waals surface area contributed by atoms with Crippen molar-refractivity contribution in [1.29, 1.82) is 0 Å². The second-order valence-electron chi connectivity index (χ2n) is 5.85. The van der Waals surface area contributed by atoms with E-state index in [1.165, 1.54) is 16.9 Å². The fourth-order valence-electron chi connectivity index (χ4n) is 2.73. The normalized spacial score (nSPS) is 14.4. The summed E-state index contributed by atoms with van der Waals surface area (Å²) in [4.78, 5) is 20.2. The SMILES string of the molecule is Cc1ccc(/C=c2/sc3n(c2=O)CN(c2ccccc2)CN=3)cc1. The minimum Gasteiger partial charge on any atom is -0.334 e. The van der Waals surface area contributed by atoms with Gasteiger partial charge in [0.1, 0.15) is 13.3 Å². The van der Waals surface area contributed by atoms with E-state index in [4.69, 9.17) is 0 Å². The van der Waals surface area contributed by atoms with Crippen molar-refractivity contribution < 1.29 is 0 Å². The molecule has 5 heteroatoms. The molecule has 4 rings (SSSR count). The van der Waals surface area contributed by atoms with Gasteiger partial charge in [0.05, 0.1) is 4.53 Å². The van der Waals surface area contributed by atoms with Crippen molar-refractivity contribution in [2.75, 3.05) is 11.6 Å². The standard InChI is InChI=1S/C19H17N3OS/c1-14-7-9-15(10-8-14)11-17-18(23)22-13-21(12-20-19(22)24-17)16-5-3-2-4-6-16/h2-11H,12-13H2,1H3/b17-11+. The Hall–Kier alpha value is -2.66. The summed E-state index contributed by atoms with van der Waals surface area (Å²) in [5.41, 5.74) is 3.36. The molecule has 0 bridgehead atoms.